The smallest absolute Gasteiger partial charge is 0.291 e. The molecule has 7 heteroatoms. The Morgan fingerprint density at radius 3 is 2.94 bits per heavy atom. The minimum absolute atomic E-state index is 0.0338. The number of thioether (sulfide) groups is 1. The van der Waals surface area contributed by atoms with Gasteiger partial charge in [-0.25, -0.2) is 4.98 Å². The number of anilines is 1. The summed E-state index contributed by atoms with van der Waals surface area (Å²) in [6.07, 6.45) is 4.38. The van der Waals surface area contributed by atoms with E-state index in [-0.39, 0.29) is 5.69 Å². The van der Waals surface area contributed by atoms with Gasteiger partial charge in [-0.3, -0.25) is 10.1 Å². The van der Waals surface area contributed by atoms with Crippen LogP contribution >= 0.6 is 27.7 Å². The van der Waals surface area contributed by atoms with Crippen LogP contribution in [-0.4, -0.2) is 28.5 Å². The van der Waals surface area contributed by atoms with Crippen LogP contribution in [0.25, 0.3) is 0 Å². The maximum Gasteiger partial charge on any atom is 0.291 e. The summed E-state index contributed by atoms with van der Waals surface area (Å²) < 4.78 is 0.663. The van der Waals surface area contributed by atoms with E-state index in [1.165, 1.54) is 6.20 Å². The molecule has 94 valence electrons. The van der Waals surface area contributed by atoms with Gasteiger partial charge in [-0.2, -0.15) is 11.8 Å². The van der Waals surface area contributed by atoms with Crippen LogP contribution in [0.1, 0.15) is 12.0 Å². The summed E-state index contributed by atoms with van der Waals surface area (Å²) in [5.41, 5.74) is 0.629. The molecule has 0 atom stereocenters. The molecule has 0 aliphatic heterocycles. The number of halogens is 1. The molecule has 0 aliphatic carbocycles. The lowest BCUT2D eigenvalue weighted by molar-refractivity contribution is -0.385. The van der Waals surface area contributed by atoms with Crippen LogP contribution in [0, 0.1) is 17.0 Å². The van der Waals surface area contributed by atoms with Gasteiger partial charge in [0, 0.05) is 12.1 Å². The Balaban J connectivity index is 2.75. The van der Waals surface area contributed by atoms with E-state index in [9.17, 15) is 10.1 Å². The number of hydrogen-bond donors (Lipinski definition) is 1. The molecule has 0 fully saturated rings. The van der Waals surface area contributed by atoms with Gasteiger partial charge in [0.05, 0.1) is 9.40 Å². The molecule has 1 aromatic rings. The van der Waals surface area contributed by atoms with Gasteiger partial charge in [0.15, 0.2) is 0 Å². The molecule has 5 nitrogen and oxygen atoms in total. The second-order valence-electron chi connectivity index (χ2n) is 3.46. The highest BCUT2D eigenvalue weighted by Gasteiger charge is 2.16. The van der Waals surface area contributed by atoms with Crippen molar-refractivity contribution in [3.8, 4) is 0 Å². The Morgan fingerprint density at radius 1 is 1.65 bits per heavy atom. The number of aromatic nitrogens is 1. The quantitative estimate of drug-likeness (QED) is 0.495. The molecule has 0 amide bonds. The summed E-state index contributed by atoms with van der Waals surface area (Å²) in [5, 5.41) is 13.9. The third-order valence-corrected chi connectivity index (χ3v) is 3.92. The SMILES string of the molecule is CSCCCNc1ncc([N+](=O)[O-])c(C)c1Br. The molecule has 0 bridgehead atoms. The average molecular weight is 320 g/mol. The summed E-state index contributed by atoms with van der Waals surface area (Å²) in [6, 6.07) is 0. The van der Waals surface area contributed by atoms with E-state index in [2.05, 4.69) is 32.5 Å². The van der Waals surface area contributed by atoms with E-state index >= 15 is 0 Å². The average Bonchev–Trinajstić information content (AvgIpc) is 2.29. The summed E-state index contributed by atoms with van der Waals surface area (Å²) in [5.74, 6) is 1.74. The zero-order valence-electron chi connectivity index (χ0n) is 9.70. The van der Waals surface area contributed by atoms with Crippen molar-refractivity contribution in [2.45, 2.75) is 13.3 Å². The highest BCUT2D eigenvalue weighted by Crippen LogP contribution is 2.30. The summed E-state index contributed by atoms with van der Waals surface area (Å²) in [4.78, 5) is 14.3. The van der Waals surface area contributed by atoms with Gasteiger partial charge in [-0.15, -0.1) is 0 Å². The summed E-state index contributed by atoms with van der Waals surface area (Å²) in [7, 11) is 0. The minimum atomic E-state index is -0.426. The first-order valence-corrected chi connectivity index (χ1v) is 7.29. The molecule has 0 saturated carbocycles. The molecule has 0 aromatic carbocycles. The van der Waals surface area contributed by atoms with Crippen LogP contribution in [0.15, 0.2) is 10.7 Å². The fourth-order valence-electron chi connectivity index (χ4n) is 1.30. The normalized spacial score (nSPS) is 10.3. The van der Waals surface area contributed by atoms with Crippen LogP contribution in [0.3, 0.4) is 0 Å². The number of nitrogens with zero attached hydrogens (tertiary/aromatic N) is 2. The second kappa shape index (κ2) is 6.80. The van der Waals surface area contributed by atoms with E-state index in [0.717, 1.165) is 18.7 Å². The fraction of sp³-hybridized carbons (Fsp3) is 0.500. The molecule has 1 rings (SSSR count). The summed E-state index contributed by atoms with van der Waals surface area (Å²) in [6.45, 7) is 2.51. The number of nitro groups is 1. The zero-order chi connectivity index (χ0) is 12.8. The topological polar surface area (TPSA) is 68.1 Å². The first-order chi connectivity index (χ1) is 8.07. The van der Waals surface area contributed by atoms with Crippen molar-refractivity contribution in [2.24, 2.45) is 0 Å². The zero-order valence-corrected chi connectivity index (χ0v) is 12.1. The van der Waals surface area contributed by atoms with Crippen molar-refractivity contribution in [1.82, 2.24) is 4.98 Å². The van der Waals surface area contributed by atoms with E-state index in [0.29, 0.717) is 15.9 Å². The third kappa shape index (κ3) is 3.85. The monoisotopic (exact) mass is 319 g/mol. The fourth-order valence-corrected chi connectivity index (χ4v) is 2.18. The molecule has 17 heavy (non-hydrogen) atoms. The lowest BCUT2D eigenvalue weighted by Gasteiger charge is -2.08. The van der Waals surface area contributed by atoms with Crippen LogP contribution in [0.4, 0.5) is 11.5 Å². The first kappa shape index (κ1) is 14.2. The van der Waals surface area contributed by atoms with Gasteiger partial charge < -0.3 is 5.32 Å². The van der Waals surface area contributed by atoms with Crippen molar-refractivity contribution in [1.29, 1.82) is 0 Å². The third-order valence-electron chi connectivity index (χ3n) is 2.25. The highest BCUT2D eigenvalue weighted by molar-refractivity contribution is 9.10. The summed E-state index contributed by atoms with van der Waals surface area (Å²) >= 11 is 5.12. The van der Waals surface area contributed by atoms with Gasteiger partial charge in [0.2, 0.25) is 0 Å². The molecular formula is C10H14BrN3O2S. The van der Waals surface area contributed by atoms with E-state index in [1.54, 1.807) is 18.7 Å². The van der Waals surface area contributed by atoms with Gasteiger partial charge in [-0.05, 0) is 41.3 Å². The lowest BCUT2D eigenvalue weighted by Crippen LogP contribution is -2.06. The highest BCUT2D eigenvalue weighted by atomic mass is 79.9. The Morgan fingerprint density at radius 2 is 2.35 bits per heavy atom. The number of hydrogen-bond acceptors (Lipinski definition) is 5. The lowest BCUT2D eigenvalue weighted by atomic mass is 10.2. The van der Waals surface area contributed by atoms with Crippen molar-refractivity contribution >= 4 is 39.2 Å². The molecule has 1 N–H and O–H groups in total. The predicted octanol–water partition coefficient (Wildman–Crippen LogP) is 3.23. The molecule has 0 aliphatic rings. The van der Waals surface area contributed by atoms with Gasteiger partial charge in [0.1, 0.15) is 12.0 Å². The molecule has 0 spiro atoms. The number of nitrogens with one attached hydrogen (secondary N) is 1. The maximum atomic E-state index is 10.7. The van der Waals surface area contributed by atoms with Gasteiger partial charge >= 0.3 is 0 Å². The van der Waals surface area contributed by atoms with Gasteiger partial charge in [-0.1, -0.05) is 0 Å². The van der Waals surface area contributed by atoms with Crippen LogP contribution in [0.2, 0.25) is 0 Å². The second-order valence-corrected chi connectivity index (χ2v) is 5.24. The molecular weight excluding hydrogens is 306 g/mol. The van der Waals surface area contributed by atoms with E-state index in [1.807, 2.05) is 0 Å². The van der Waals surface area contributed by atoms with Crippen molar-refractivity contribution in [3.05, 3.63) is 26.3 Å². The Bertz CT molecular complexity index is 415. The molecule has 1 heterocycles. The van der Waals surface area contributed by atoms with Crippen LogP contribution in [-0.2, 0) is 0 Å². The van der Waals surface area contributed by atoms with E-state index in [4.69, 9.17) is 0 Å². The maximum absolute atomic E-state index is 10.7. The molecule has 1 aromatic heterocycles. The minimum Gasteiger partial charge on any atom is -0.369 e. The van der Waals surface area contributed by atoms with E-state index < -0.39 is 4.92 Å². The largest absolute Gasteiger partial charge is 0.369 e. The van der Waals surface area contributed by atoms with Gasteiger partial charge in [0.25, 0.3) is 5.69 Å². The Kier molecular flexibility index (Phi) is 5.70. The van der Waals surface area contributed by atoms with Crippen molar-refractivity contribution < 1.29 is 4.92 Å². The molecule has 0 saturated heterocycles. The number of rotatable bonds is 6. The Labute approximate surface area is 113 Å². The number of pyridine rings is 1. The van der Waals surface area contributed by atoms with Crippen molar-refractivity contribution in [3.63, 3.8) is 0 Å². The predicted molar refractivity (Wildman–Crippen MR) is 74.8 cm³/mol. The van der Waals surface area contributed by atoms with Crippen molar-refractivity contribution in [2.75, 3.05) is 23.9 Å². The molecule has 0 radical (unpaired) electrons. The molecule has 0 unspecified atom stereocenters. The van der Waals surface area contributed by atoms with Crippen LogP contribution < -0.4 is 5.32 Å². The van der Waals surface area contributed by atoms with Crippen LogP contribution in [0.5, 0.6) is 0 Å². The Hall–Kier alpha value is -0.820. The standard InChI is InChI=1S/C10H14BrN3O2S/c1-7-8(14(15)16)6-13-10(9(7)11)12-4-3-5-17-2/h6H,3-5H2,1-2H3,(H,12,13). The first-order valence-electron chi connectivity index (χ1n) is 5.10.